The second-order valence-corrected chi connectivity index (χ2v) is 6.40. The summed E-state index contributed by atoms with van der Waals surface area (Å²) in [4.78, 5) is 16.8. The fourth-order valence-electron chi connectivity index (χ4n) is 2.83. The van der Waals surface area contributed by atoms with E-state index in [1.165, 1.54) is 0 Å². The molecule has 6 heteroatoms. The van der Waals surface area contributed by atoms with Gasteiger partial charge in [0.05, 0.1) is 0 Å². The zero-order valence-corrected chi connectivity index (χ0v) is 15.1. The van der Waals surface area contributed by atoms with Crippen molar-refractivity contribution in [2.45, 2.75) is 13.8 Å². The lowest BCUT2D eigenvalue weighted by molar-refractivity contribution is 0.102. The van der Waals surface area contributed by atoms with Crippen molar-refractivity contribution >= 4 is 23.0 Å². The number of amides is 1. The number of carbonyl (C=O) groups excluding carboxylic acids is 1. The summed E-state index contributed by atoms with van der Waals surface area (Å²) in [5, 5.41) is 6.18. The number of aromatic nitrogens is 1. The molecule has 0 saturated heterocycles. The van der Waals surface area contributed by atoms with Gasteiger partial charge in [0.2, 0.25) is 6.79 Å². The van der Waals surface area contributed by atoms with Crippen LogP contribution in [-0.2, 0) is 0 Å². The number of anilines is 3. The van der Waals surface area contributed by atoms with Gasteiger partial charge in [-0.05, 0) is 55.3 Å². The number of aryl methyl sites for hydroxylation is 2. The zero-order valence-electron chi connectivity index (χ0n) is 15.1. The summed E-state index contributed by atoms with van der Waals surface area (Å²) >= 11 is 0. The number of nitrogens with zero attached hydrogens (tertiary/aromatic N) is 1. The third-order valence-corrected chi connectivity index (χ3v) is 4.30. The maximum Gasteiger partial charge on any atom is 0.274 e. The molecule has 0 atom stereocenters. The van der Waals surface area contributed by atoms with E-state index in [1.54, 1.807) is 18.3 Å². The van der Waals surface area contributed by atoms with Gasteiger partial charge in [0.15, 0.2) is 11.5 Å². The summed E-state index contributed by atoms with van der Waals surface area (Å²) in [5.41, 5.74) is 4.81. The van der Waals surface area contributed by atoms with Crippen LogP contribution in [0, 0.1) is 13.8 Å². The Labute approximate surface area is 157 Å². The molecule has 1 aliphatic heterocycles. The summed E-state index contributed by atoms with van der Waals surface area (Å²) in [6.07, 6.45) is 1.60. The van der Waals surface area contributed by atoms with Crippen LogP contribution < -0.4 is 20.1 Å². The van der Waals surface area contributed by atoms with E-state index < -0.39 is 0 Å². The van der Waals surface area contributed by atoms with Crippen LogP contribution in [0.5, 0.6) is 11.5 Å². The fraction of sp³-hybridized carbons (Fsp3) is 0.143. The van der Waals surface area contributed by atoms with E-state index in [0.717, 1.165) is 33.9 Å². The number of nitrogens with one attached hydrogen (secondary N) is 2. The third-order valence-electron chi connectivity index (χ3n) is 4.30. The molecule has 1 aliphatic rings. The van der Waals surface area contributed by atoms with E-state index in [1.807, 2.05) is 50.2 Å². The van der Waals surface area contributed by atoms with Gasteiger partial charge < -0.3 is 20.1 Å². The average Bonchev–Trinajstić information content (AvgIpc) is 3.13. The Balaban J connectivity index is 1.52. The number of benzene rings is 2. The molecule has 4 rings (SSSR count). The Morgan fingerprint density at radius 2 is 1.78 bits per heavy atom. The van der Waals surface area contributed by atoms with Gasteiger partial charge in [0, 0.05) is 29.3 Å². The van der Waals surface area contributed by atoms with Crippen molar-refractivity contribution in [1.29, 1.82) is 0 Å². The third kappa shape index (κ3) is 3.69. The number of hydrogen-bond donors (Lipinski definition) is 2. The first-order valence-electron chi connectivity index (χ1n) is 8.60. The lowest BCUT2D eigenvalue weighted by Gasteiger charge is -2.11. The van der Waals surface area contributed by atoms with Crippen molar-refractivity contribution in [3.05, 3.63) is 71.5 Å². The minimum Gasteiger partial charge on any atom is -0.454 e. The summed E-state index contributed by atoms with van der Waals surface area (Å²) < 4.78 is 10.7. The van der Waals surface area contributed by atoms with Crippen molar-refractivity contribution in [3.63, 3.8) is 0 Å². The van der Waals surface area contributed by atoms with Gasteiger partial charge in [-0.2, -0.15) is 0 Å². The van der Waals surface area contributed by atoms with Gasteiger partial charge in [-0.15, -0.1) is 0 Å². The lowest BCUT2D eigenvalue weighted by Crippen LogP contribution is -2.14. The molecule has 0 aliphatic carbocycles. The summed E-state index contributed by atoms with van der Waals surface area (Å²) in [5.74, 6) is 1.17. The summed E-state index contributed by atoms with van der Waals surface area (Å²) in [7, 11) is 0. The molecule has 2 aromatic carbocycles. The molecule has 2 N–H and O–H groups in total. The standard InChI is InChI=1S/C21H19N3O3/c1-13-3-4-14(2)17(9-13)24-21(25)18-10-16(7-8-22-18)23-15-5-6-19-20(11-15)27-12-26-19/h3-11H,12H2,1-2H3,(H,22,23)(H,24,25). The van der Waals surface area contributed by atoms with Crippen molar-refractivity contribution in [2.75, 3.05) is 17.4 Å². The van der Waals surface area contributed by atoms with E-state index in [-0.39, 0.29) is 12.7 Å². The smallest absolute Gasteiger partial charge is 0.274 e. The molecule has 0 spiro atoms. The van der Waals surface area contributed by atoms with Crippen LogP contribution >= 0.6 is 0 Å². The SMILES string of the molecule is Cc1ccc(C)c(NC(=O)c2cc(Nc3ccc4c(c3)OCO4)ccn2)c1. The molecule has 0 bridgehead atoms. The van der Waals surface area contributed by atoms with E-state index in [4.69, 9.17) is 9.47 Å². The predicted octanol–water partition coefficient (Wildman–Crippen LogP) is 4.42. The molecule has 0 saturated carbocycles. The van der Waals surface area contributed by atoms with Crippen molar-refractivity contribution < 1.29 is 14.3 Å². The van der Waals surface area contributed by atoms with E-state index in [9.17, 15) is 4.79 Å². The average molecular weight is 361 g/mol. The maximum atomic E-state index is 12.6. The highest BCUT2D eigenvalue weighted by atomic mass is 16.7. The van der Waals surface area contributed by atoms with Crippen LogP contribution in [0.25, 0.3) is 0 Å². The molecule has 27 heavy (non-hydrogen) atoms. The molecule has 136 valence electrons. The van der Waals surface area contributed by atoms with Crippen LogP contribution in [0.1, 0.15) is 21.6 Å². The lowest BCUT2D eigenvalue weighted by atomic mass is 10.1. The molecular weight excluding hydrogens is 342 g/mol. The highest BCUT2D eigenvalue weighted by Gasteiger charge is 2.14. The number of rotatable bonds is 4. The van der Waals surface area contributed by atoms with Gasteiger partial charge in [-0.25, -0.2) is 0 Å². The number of fused-ring (bicyclic) bond motifs is 1. The molecule has 0 fully saturated rings. The number of carbonyl (C=O) groups is 1. The number of ether oxygens (including phenoxy) is 2. The van der Waals surface area contributed by atoms with Crippen molar-refractivity contribution in [2.24, 2.45) is 0 Å². The Kier molecular flexibility index (Phi) is 4.38. The zero-order chi connectivity index (χ0) is 18.8. The molecule has 1 amide bonds. The first kappa shape index (κ1) is 16.9. The van der Waals surface area contributed by atoms with Crippen molar-refractivity contribution in [1.82, 2.24) is 4.98 Å². The molecule has 0 unspecified atom stereocenters. The normalized spacial score (nSPS) is 11.9. The largest absolute Gasteiger partial charge is 0.454 e. The Bertz CT molecular complexity index is 1020. The summed E-state index contributed by atoms with van der Waals surface area (Å²) in [6.45, 7) is 4.18. The minimum atomic E-state index is -0.252. The Morgan fingerprint density at radius 3 is 2.67 bits per heavy atom. The van der Waals surface area contributed by atoms with Crippen LogP contribution in [0.15, 0.2) is 54.7 Å². The molecule has 0 radical (unpaired) electrons. The Morgan fingerprint density at radius 1 is 0.963 bits per heavy atom. The van der Waals surface area contributed by atoms with Crippen LogP contribution in [0.4, 0.5) is 17.1 Å². The van der Waals surface area contributed by atoms with E-state index in [0.29, 0.717) is 11.4 Å². The van der Waals surface area contributed by atoms with Crippen molar-refractivity contribution in [3.8, 4) is 11.5 Å². The number of pyridine rings is 1. The molecule has 1 aromatic heterocycles. The van der Waals surface area contributed by atoms with Crippen LogP contribution in [0.2, 0.25) is 0 Å². The van der Waals surface area contributed by atoms with Crippen LogP contribution in [-0.4, -0.2) is 17.7 Å². The van der Waals surface area contributed by atoms with Gasteiger partial charge in [-0.1, -0.05) is 12.1 Å². The van der Waals surface area contributed by atoms with E-state index >= 15 is 0 Å². The molecule has 3 aromatic rings. The first-order chi connectivity index (χ1) is 13.1. The highest BCUT2D eigenvalue weighted by molar-refractivity contribution is 6.03. The number of hydrogen-bond acceptors (Lipinski definition) is 5. The van der Waals surface area contributed by atoms with Gasteiger partial charge >= 0.3 is 0 Å². The minimum absolute atomic E-state index is 0.233. The quantitative estimate of drug-likeness (QED) is 0.719. The fourth-order valence-corrected chi connectivity index (χ4v) is 2.83. The monoisotopic (exact) mass is 361 g/mol. The molecule has 2 heterocycles. The van der Waals surface area contributed by atoms with Gasteiger partial charge in [-0.3, -0.25) is 9.78 Å². The predicted molar refractivity (Wildman–Crippen MR) is 104 cm³/mol. The van der Waals surface area contributed by atoms with Gasteiger partial charge in [0.25, 0.3) is 5.91 Å². The second kappa shape index (κ2) is 6.99. The second-order valence-electron chi connectivity index (χ2n) is 6.40. The first-order valence-corrected chi connectivity index (χ1v) is 8.60. The van der Waals surface area contributed by atoms with Gasteiger partial charge in [0.1, 0.15) is 5.69 Å². The van der Waals surface area contributed by atoms with E-state index in [2.05, 4.69) is 15.6 Å². The molecular formula is C21H19N3O3. The Hall–Kier alpha value is -3.54. The topological polar surface area (TPSA) is 72.5 Å². The van der Waals surface area contributed by atoms with Crippen LogP contribution in [0.3, 0.4) is 0 Å². The maximum absolute atomic E-state index is 12.6. The summed E-state index contributed by atoms with van der Waals surface area (Å²) in [6, 6.07) is 15.1. The highest BCUT2D eigenvalue weighted by Crippen LogP contribution is 2.35. The molecule has 6 nitrogen and oxygen atoms in total.